The minimum absolute atomic E-state index is 0.0116. The highest BCUT2D eigenvalue weighted by Gasteiger charge is 2.39. The molecular weight excluding hydrogens is 370 g/mol. The van der Waals surface area contributed by atoms with Gasteiger partial charge in [0, 0.05) is 18.7 Å². The summed E-state index contributed by atoms with van der Waals surface area (Å²) in [6, 6.07) is 6.62. The zero-order valence-electron chi connectivity index (χ0n) is 16.8. The van der Waals surface area contributed by atoms with Crippen molar-refractivity contribution >= 4 is 11.8 Å². The van der Waals surface area contributed by atoms with Crippen molar-refractivity contribution in [3.05, 3.63) is 29.8 Å². The Morgan fingerprint density at radius 3 is 2.48 bits per heavy atom. The summed E-state index contributed by atoms with van der Waals surface area (Å²) in [5.74, 6) is 1.44. The van der Waals surface area contributed by atoms with E-state index < -0.39 is 6.10 Å². The second-order valence-corrected chi connectivity index (χ2v) is 8.55. The molecule has 4 rings (SSSR count). The van der Waals surface area contributed by atoms with Crippen LogP contribution in [0.3, 0.4) is 0 Å². The number of hydrogen-bond acceptors (Lipinski definition) is 5. The van der Waals surface area contributed by atoms with Gasteiger partial charge >= 0.3 is 0 Å². The molecule has 7 nitrogen and oxygen atoms in total. The van der Waals surface area contributed by atoms with Crippen LogP contribution in [0.5, 0.6) is 5.75 Å². The molecule has 0 radical (unpaired) electrons. The van der Waals surface area contributed by atoms with Gasteiger partial charge in [-0.25, -0.2) is 0 Å². The van der Waals surface area contributed by atoms with Crippen LogP contribution in [0.1, 0.15) is 42.5 Å². The number of amides is 2. The first-order chi connectivity index (χ1) is 14.1. The Morgan fingerprint density at radius 2 is 1.76 bits per heavy atom. The predicted molar refractivity (Wildman–Crippen MR) is 109 cm³/mol. The number of likely N-dealkylation sites (tertiary alicyclic amines) is 1. The van der Waals surface area contributed by atoms with Crippen LogP contribution in [0, 0.1) is 11.8 Å². The SMILES string of the molecule is O=C(N[C@H]1C[C@H]2CNC[C@H]2C[C@@H]1O)c1ccc(OCC(=O)N2CCCCC2)cc1. The van der Waals surface area contributed by atoms with E-state index in [0.29, 0.717) is 23.1 Å². The third-order valence-electron chi connectivity index (χ3n) is 6.55. The highest BCUT2D eigenvalue weighted by atomic mass is 16.5. The number of carbonyl (C=O) groups is 2. The quantitative estimate of drug-likeness (QED) is 0.689. The normalized spacial score (nSPS) is 29.2. The largest absolute Gasteiger partial charge is 0.484 e. The van der Waals surface area contributed by atoms with E-state index in [-0.39, 0.29) is 24.5 Å². The lowest BCUT2D eigenvalue weighted by atomic mass is 9.77. The molecule has 0 unspecified atom stereocenters. The summed E-state index contributed by atoms with van der Waals surface area (Å²) < 4.78 is 5.60. The number of hydrogen-bond donors (Lipinski definition) is 3. The van der Waals surface area contributed by atoms with Crippen LogP contribution in [0.25, 0.3) is 0 Å². The van der Waals surface area contributed by atoms with Crippen molar-refractivity contribution in [3.8, 4) is 5.75 Å². The van der Waals surface area contributed by atoms with E-state index in [4.69, 9.17) is 4.74 Å². The third kappa shape index (κ3) is 4.90. The molecule has 2 amide bonds. The summed E-state index contributed by atoms with van der Waals surface area (Å²) in [7, 11) is 0. The number of piperidine rings is 1. The summed E-state index contributed by atoms with van der Waals surface area (Å²) in [5.41, 5.74) is 0.526. The van der Waals surface area contributed by atoms with Crippen LogP contribution in [0.2, 0.25) is 0 Å². The zero-order chi connectivity index (χ0) is 20.2. The van der Waals surface area contributed by atoms with Crippen molar-refractivity contribution in [3.63, 3.8) is 0 Å². The van der Waals surface area contributed by atoms with E-state index in [1.165, 1.54) is 6.42 Å². The van der Waals surface area contributed by atoms with E-state index in [1.54, 1.807) is 24.3 Å². The van der Waals surface area contributed by atoms with E-state index >= 15 is 0 Å². The van der Waals surface area contributed by atoms with Gasteiger partial charge < -0.3 is 25.4 Å². The van der Waals surface area contributed by atoms with E-state index in [9.17, 15) is 14.7 Å². The van der Waals surface area contributed by atoms with Crippen LogP contribution >= 0.6 is 0 Å². The minimum atomic E-state index is -0.497. The van der Waals surface area contributed by atoms with Crippen molar-refractivity contribution in [2.24, 2.45) is 11.8 Å². The average molecular weight is 402 g/mol. The fourth-order valence-corrected chi connectivity index (χ4v) is 4.79. The molecule has 4 atom stereocenters. The van der Waals surface area contributed by atoms with Crippen LogP contribution < -0.4 is 15.4 Å². The molecule has 29 heavy (non-hydrogen) atoms. The van der Waals surface area contributed by atoms with Crippen LogP contribution in [-0.4, -0.2) is 66.8 Å². The zero-order valence-corrected chi connectivity index (χ0v) is 16.8. The first-order valence-corrected chi connectivity index (χ1v) is 10.8. The molecule has 1 saturated carbocycles. The van der Waals surface area contributed by atoms with E-state index in [0.717, 1.165) is 51.9 Å². The van der Waals surface area contributed by atoms with Crippen molar-refractivity contribution < 1.29 is 19.4 Å². The second kappa shape index (κ2) is 9.13. The molecule has 2 saturated heterocycles. The Bertz CT molecular complexity index is 717. The molecule has 3 N–H and O–H groups in total. The first-order valence-electron chi connectivity index (χ1n) is 10.8. The van der Waals surface area contributed by atoms with Gasteiger partial charge in [-0.3, -0.25) is 9.59 Å². The molecule has 1 aliphatic carbocycles. The molecular formula is C22H31N3O4. The lowest BCUT2D eigenvalue weighted by Crippen LogP contribution is -2.49. The lowest BCUT2D eigenvalue weighted by Gasteiger charge is -2.35. The second-order valence-electron chi connectivity index (χ2n) is 8.55. The Kier molecular flexibility index (Phi) is 6.35. The average Bonchev–Trinajstić information content (AvgIpc) is 3.20. The fourth-order valence-electron chi connectivity index (χ4n) is 4.79. The summed E-state index contributed by atoms with van der Waals surface area (Å²) in [4.78, 5) is 26.6. The molecule has 2 aliphatic heterocycles. The van der Waals surface area contributed by atoms with Gasteiger partial charge in [0.05, 0.1) is 12.1 Å². The van der Waals surface area contributed by atoms with Gasteiger partial charge in [0.2, 0.25) is 0 Å². The van der Waals surface area contributed by atoms with Gasteiger partial charge in [0.25, 0.3) is 11.8 Å². The van der Waals surface area contributed by atoms with Crippen molar-refractivity contribution in [2.45, 2.75) is 44.2 Å². The van der Waals surface area contributed by atoms with Crippen molar-refractivity contribution in [1.82, 2.24) is 15.5 Å². The number of carbonyl (C=O) groups excluding carboxylic acids is 2. The number of ether oxygens (including phenoxy) is 1. The molecule has 3 aliphatic rings. The van der Waals surface area contributed by atoms with Crippen LogP contribution in [0.15, 0.2) is 24.3 Å². The number of benzene rings is 1. The summed E-state index contributed by atoms with van der Waals surface area (Å²) in [6.45, 7) is 3.57. The number of fused-ring (bicyclic) bond motifs is 1. The Balaban J connectivity index is 1.27. The molecule has 158 valence electrons. The molecule has 1 aromatic carbocycles. The molecule has 1 aromatic rings. The van der Waals surface area contributed by atoms with Crippen molar-refractivity contribution in [2.75, 3.05) is 32.8 Å². The molecule has 0 aromatic heterocycles. The highest BCUT2D eigenvalue weighted by molar-refractivity contribution is 5.94. The molecule has 0 bridgehead atoms. The van der Waals surface area contributed by atoms with Gasteiger partial charge in [0.1, 0.15) is 5.75 Å². The number of nitrogens with zero attached hydrogens (tertiary/aromatic N) is 1. The maximum absolute atomic E-state index is 12.6. The highest BCUT2D eigenvalue weighted by Crippen LogP contribution is 2.33. The van der Waals surface area contributed by atoms with E-state index in [2.05, 4.69) is 10.6 Å². The Labute approximate surface area is 171 Å². The van der Waals surface area contributed by atoms with Gasteiger partial charge in [0.15, 0.2) is 6.61 Å². The summed E-state index contributed by atoms with van der Waals surface area (Å²) in [5, 5.41) is 16.8. The predicted octanol–water partition coefficient (Wildman–Crippen LogP) is 1.17. The maximum Gasteiger partial charge on any atom is 0.260 e. The number of rotatable bonds is 5. The number of nitrogens with one attached hydrogen (secondary N) is 2. The molecule has 3 fully saturated rings. The smallest absolute Gasteiger partial charge is 0.260 e. The molecule has 0 spiro atoms. The minimum Gasteiger partial charge on any atom is -0.484 e. The van der Waals surface area contributed by atoms with Crippen LogP contribution in [-0.2, 0) is 4.79 Å². The summed E-state index contributed by atoms with van der Waals surface area (Å²) >= 11 is 0. The Hall–Kier alpha value is -2.12. The van der Waals surface area contributed by atoms with Crippen LogP contribution in [0.4, 0.5) is 0 Å². The topological polar surface area (TPSA) is 90.9 Å². The van der Waals surface area contributed by atoms with Crippen molar-refractivity contribution in [1.29, 1.82) is 0 Å². The van der Waals surface area contributed by atoms with Gasteiger partial charge in [-0.1, -0.05) is 0 Å². The number of aliphatic hydroxyl groups excluding tert-OH is 1. The molecule has 7 heteroatoms. The monoisotopic (exact) mass is 401 g/mol. The third-order valence-corrected chi connectivity index (χ3v) is 6.55. The van der Waals surface area contributed by atoms with Gasteiger partial charge in [-0.05, 0) is 81.3 Å². The van der Waals surface area contributed by atoms with Gasteiger partial charge in [-0.2, -0.15) is 0 Å². The maximum atomic E-state index is 12.6. The Morgan fingerprint density at radius 1 is 1.07 bits per heavy atom. The van der Waals surface area contributed by atoms with Gasteiger partial charge in [-0.15, -0.1) is 0 Å². The summed E-state index contributed by atoms with van der Waals surface area (Å²) in [6.07, 6.45) is 4.35. The lowest BCUT2D eigenvalue weighted by molar-refractivity contribution is -0.134. The first kappa shape index (κ1) is 20.2. The fraction of sp³-hybridized carbons (Fsp3) is 0.636. The standard InChI is InChI=1S/C22H31N3O4/c26-20-11-17-13-23-12-16(17)10-19(20)24-22(28)15-4-6-18(7-5-15)29-14-21(27)25-8-2-1-3-9-25/h4-7,16-17,19-20,23,26H,1-3,8-14H2,(H,24,28)/t16-,17+,19-,20-/m0/s1. The number of aliphatic hydroxyl groups is 1. The molecule has 2 heterocycles. The van der Waals surface area contributed by atoms with E-state index in [1.807, 2.05) is 4.90 Å².